The monoisotopic (exact) mass is 308 g/mol. The Bertz CT molecular complexity index is 822. The molecule has 0 aliphatic rings. The molecular weight excluding hydrogens is 288 g/mol. The number of benzene rings is 2. The number of hydrogen-bond donors (Lipinski definition) is 0. The highest BCUT2D eigenvalue weighted by atomic mass is 16.5. The molecule has 3 aromatic rings. The van der Waals surface area contributed by atoms with Crippen molar-refractivity contribution >= 4 is 16.9 Å². The van der Waals surface area contributed by atoms with Crippen molar-refractivity contribution in [3.63, 3.8) is 0 Å². The smallest absolute Gasteiger partial charge is 0.307 e. The predicted octanol–water partition coefficient (Wildman–Crippen LogP) is 3.96. The van der Waals surface area contributed by atoms with E-state index in [2.05, 4.69) is 37.3 Å². The van der Waals surface area contributed by atoms with Gasteiger partial charge in [-0.1, -0.05) is 42.0 Å². The van der Waals surface area contributed by atoms with Gasteiger partial charge in [0.1, 0.15) is 5.69 Å². The van der Waals surface area contributed by atoms with Crippen LogP contribution < -0.4 is 0 Å². The van der Waals surface area contributed by atoms with Crippen LogP contribution in [0.3, 0.4) is 0 Å². The number of rotatable bonds is 5. The van der Waals surface area contributed by atoms with Crippen molar-refractivity contribution in [3.05, 3.63) is 54.1 Å². The van der Waals surface area contributed by atoms with E-state index in [-0.39, 0.29) is 5.97 Å². The van der Waals surface area contributed by atoms with Gasteiger partial charge < -0.3 is 4.74 Å². The highest BCUT2D eigenvalue weighted by molar-refractivity contribution is 5.93. The molecule has 4 heteroatoms. The third-order valence-electron chi connectivity index (χ3n) is 3.79. The van der Waals surface area contributed by atoms with Gasteiger partial charge in [0.15, 0.2) is 0 Å². The first-order valence-electron chi connectivity index (χ1n) is 7.87. The summed E-state index contributed by atoms with van der Waals surface area (Å²) in [5, 5.41) is 5.85. The summed E-state index contributed by atoms with van der Waals surface area (Å²) in [6.07, 6.45) is 0.326. The van der Waals surface area contributed by atoms with E-state index in [1.807, 2.05) is 29.8 Å². The Morgan fingerprint density at radius 2 is 1.96 bits per heavy atom. The SMILES string of the molecule is CCOC(=O)CCn1nc(-c2ccccc2)c2cc(C)ccc21. The Balaban J connectivity index is 2.01. The minimum atomic E-state index is -0.190. The molecule has 0 unspecified atom stereocenters. The Morgan fingerprint density at radius 1 is 1.17 bits per heavy atom. The lowest BCUT2D eigenvalue weighted by molar-refractivity contribution is -0.143. The molecule has 3 rings (SSSR count). The predicted molar refractivity (Wildman–Crippen MR) is 91.2 cm³/mol. The van der Waals surface area contributed by atoms with Gasteiger partial charge in [0.05, 0.1) is 25.1 Å². The topological polar surface area (TPSA) is 44.1 Å². The molecule has 0 saturated carbocycles. The fourth-order valence-corrected chi connectivity index (χ4v) is 2.70. The number of nitrogens with zero attached hydrogens (tertiary/aromatic N) is 2. The van der Waals surface area contributed by atoms with Gasteiger partial charge in [-0.2, -0.15) is 5.10 Å². The van der Waals surface area contributed by atoms with Crippen LogP contribution >= 0.6 is 0 Å². The summed E-state index contributed by atoms with van der Waals surface area (Å²) in [7, 11) is 0. The van der Waals surface area contributed by atoms with Crippen LogP contribution in [0.15, 0.2) is 48.5 Å². The lowest BCUT2D eigenvalue weighted by atomic mass is 10.1. The Morgan fingerprint density at radius 3 is 2.70 bits per heavy atom. The summed E-state index contributed by atoms with van der Waals surface area (Å²) in [5.41, 5.74) is 4.27. The summed E-state index contributed by atoms with van der Waals surface area (Å²) in [4.78, 5) is 11.6. The number of aromatic nitrogens is 2. The number of esters is 1. The highest BCUT2D eigenvalue weighted by Gasteiger charge is 2.13. The zero-order valence-corrected chi connectivity index (χ0v) is 13.5. The van der Waals surface area contributed by atoms with Crippen molar-refractivity contribution in [2.75, 3.05) is 6.61 Å². The second-order valence-corrected chi connectivity index (χ2v) is 5.51. The molecule has 0 radical (unpaired) electrons. The maximum absolute atomic E-state index is 11.6. The van der Waals surface area contributed by atoms with Gasteiger partial charge in [-0.25, -0.2) is 0 Å². The highest BCUT2D eigenvalue weighted by Crippen LogP contribution is 2.28. The largest absolute Gasteiger partial charge is 0.466 e. The summed E-state index contributed by atoms with van der Waals surface area (Å²) in [6.45, 7) is 4.82. The molecule has 0 fully saturated rings. The van der Waals surface area contributed by atoms with Crippen LogP contribution in [0.4, 0.5) is 0 Å². The lowest BCUT2D eigenvalue weighted by Crippen LogP contribution is -2.09. The van der Waals surface area contributed by atoms with E-state index in [1.165, 1.54) is 5.56 Å². The fourth-order valence-electron chi connectivity index (χ4n) is 2.70. The van der Waals surface area contributed by atoms with E-state index in [0.29, 0.717) is 19.6 Å². The molecule has 0 aliphatic carbocycles. The molecule has 4 nitrogen and oxygen atoms in total. The number of ether oxygens (including phenoxy) is 1. The lowest BCUT2D eigenvalue weighted by Gasteiger charge is -2.03. The van der Waals surface area contributed by atoms with E-state index in [9.17, 15) is 4.79 Å². The van der Waals surface area contributed by atoms with Gasteiger partial charge in [0.2, 0.25) is 0 Å². The van der Waals surface area contributed by atoms with Gasteiger partial charge in [-0.15, -0.1) is 0 Å². The van der Waals surface area contributed by atoms with Crippen molar-refractivity contribution in [1.29, 1.82) is 0 Å². The second kappa shape index (κ2) is 6.65. The molecular formula is C19H20N2O2. The molecule has 0 atom stereocenters. The zero-order chi connectivity index (χ0) is 16.2. The van der Waals surface area contributed by atoms with Crippen LogP contribution in [0.5, 0.6) is 0 Å². The number of aryl methyl sites for hydroxylation is 2. The minimum Gasteiger partial charge on any atom is -0.466 e. The van der Waals surface area contributed by atoms with E-state index in [0.717, 1.165) is 22.2 Å². The number of carbonyl (C=O) groups excluding carboxylic acids is 1. The van der Waals surface area contributed by atoms with Gasteiger partial charge in [0, 0.05) is 10.9 Å². The first kappa shape index (κ1) is 15.3. The van der Waals surface area contributed by atoms with Crippen molar-refractivity contribution in [2.24, 2.45) is 0 Å². The second-order valence-electron chi connectivity index (χ2n) is 5.51. The molecule has 1 heterocycles. The maximum Gasteiger partial charge on any atom is 0.307 e. The van der Waals surface area contributed by atoms with Crippen LogP contribution in [0.25, 0.3) is 22.2 Å². The van der Waals surface area contributed by atoms with Crippen LogP contribution in [0, 0.1) is 6.92 Å². The van der Waals surface area contributed by atoms with Crippen molar-refractivity contribution in [3.8, 4) is 11.3 Å². The summed E-state index contributed by atoms with van der Waals surface area (Å²) in [6, 6.07) is 16.4. The van der Waals surface area contributed by atoms with Crippen molar-refractivity contribution in [2.45, 2.75) is 26.8 Å². The van der Waals surface area contributed by atoms with Crippen molar-refractivity contribution < 1.29 is 9.53 Å². The van der Waals surface area contributed by atoms with Crippen LogP contribution in [-0.2, 0) is 16.1 Å². The van der Waals surface area contributed by atoms with Gasteiger partial charge in [0.25, 0.3) is 0 Å². The van der Waals surface area contributed by atoms with E-state index in [1.54, 1.807) is 0 Å². The summed E-state index contributed by atoms with van der Waals surface area (Å²) in [5.74, 6) is -0.190. The number of fused-ring (bicyclic) bond motifs is 1. The molecule has 0 N–H and O–H groups in total. The van der Waals surface area contributed by atoms with E-state index >= 15 is 0 Å². The normalized spacial score (nSPS) is 10.9. The first-order valence-corrected chi connectivity index (χ1v) is 7.87. The minimum absolute atomic E-state index is 0.190. The van der Waals surface area contributed by atoms with Crippen LogP contribution in [0.2, 0.25) is 0 Å². The molecule has 0 spiro atoms. The zero-order valence-electron chi connectivity index (χ0n) is 13.5. The molecule has 1 aromatic heterocycles. The standard InChI is InChI=1S/C19H20N2O2/c1-3-23-18(22)11-12-21-17-10-9-14(2)13-16(17)19(20-21)15-7-5-4-6-8-15/h4-10,13H,3,11-12H2,1-2H3. The van der Waals surface area contributed by atoms with Gasteiger partial charge >= 0.3 is 5.97 Å². The number of hydrogen-bond acceptors (Lipinski definition) is 3. The quantitative estimate of drug-likeness (QED) is 0.670. The average molecular weight is 308 g/mol. The molecule has 0 aliphatic heterocycles. The van der Waals surface area contributed by atoms with Crippen LogP contribution in [0.1, 0.15) is 18.9 Å². The molecule has 23 heavy (non-hydrogen) atoms. The Hall–Kier alpha value is -2.62. The maximum atomic E-state index is 11.6. The molecule has 0 amide bonds. The van der Waals surface area contributed by atoms with Crippen LogP contribution in [-0.4, -0.2) is 22.4 Å². The summed E-state index contributed by atoms with van der Waals surface area (Å²) >= 11 is 0. The van der Waals surface area contributed by atoms with Crippen molar-refractivity contribution in [1.82, 2.24) is 9.78 Å². The third kappa shape index (κ3) is 3.26. The van der Waals surface area contributed by atoms with E-state index < -0.39 is 0 Å². The molecule has 0 bridgehead atoms. The van der Waals surface area contributed by atoms with E-state index in [4.69, 9.17) is 9.84 Å². The first-order chi connectivity index (χ1) is 11.2. The molecule has 118 valence electrons. The molecule has 0 saturated heterocycles. The summed E-state index contributed by atoms with van der Waals surface area (Å²) < 4.78 is 6.90. The fraction of sp³-hybridized carbons (Fsp3) is 0.263. The number of carbonyl (C=O) groups is 1. The third-order valence-corrected chi connectivity index (χ3v) is 3.79. The molecule has 2 aromatic carbocycles. The van der Waals surface area contributed by atoms with Gasteiger partial charge in [-0.05, 0) is 26.0 Å². The average Bonchev–Trinajstić information content (AvgIpc) is 2.92. The van der Waals surface area contributed by atoms with Gasteiger partial charge in [-0.3, -0.25) is 9.48 Å². The Labute approximate surface area is 135 Å². The Kier molecular flexibility index (Phi) is 4.42.